The van der Waals surface area contributed by atoms with E-state index >= 15 is 0 Å². The van der Waals surface area contributed by atoms with E-state index < -0.39 is 30.7 Å². The van der Waals surface area contributed by atoms with E-state index in [0.717, 1.165) is 11.3 Å². The molecule has 2 heterocycles. The molecule has 24 heavy (non-hydrogen) atoms. The van der Waals surface area contributed by atoms with Crippen molar-refractivity contribution in [2.75, 3.05) is 13.1 Å². The molecular weight excluding hydrogens is 327 g/mol. The van der Waals surface area contributed by atoms with Gasteiger partial charge in [0, 0.05) is 37.5 Å². The maximum atomic E-state index is 12.8. The van der Waals surface area contributed by atoms with Crippen LogP contribution in [0, 0.1) is 13.8 Å². The second-order valence-corrected chi connectivity index (χ2v) is 6.37. The summed E-state index contributed by atoms with van der Waals surface area (Å²) < 4.78 is 43.4. The van der Waals surface area contributed by atoms with Gasteiger partial charge in [0.2, 0.25) is 0 Å². The number of hydrogen-bond donors (Lipinski definition) is 2. The second-order valence-electron chi connectivity index (χ2n) is 6.37. The average Bonchev–Trinajstić information content (AvgIpc) is 2.78. The third kappa shape index (κ3) is 3.82. The largest absolute Gasteiger partial charge is 0.417 e. The van der Waals surface area contributed by atoms with Crippen molar-refractivity contribution in [2.45, 2.75) is 57.9 Å². The highest BCUT2D eigenvalue weighted by Crippen LogP contribution is 2.38. The first-order chi connectivity index (χ1) is 11.0. The highest BCUT2D eigenvalue weighted by Gasteiger charge is 2.54. The molecule has 6 nitrogen and oxygen atoms in total. The van der Waals surface area contributed by atoms with Gasteiger partial charge in [0.1, 0.15) is 5.76 Å². The van der Waals surface area contributed by atoms with Gasteiger partial charge in [-0.2, -0.15) is 13.2 Å². The Morgan fingerprint density at radius 1 is 1.42 bits per heavy atom. The Hall–Kier alpha value is -1.77. The summed E-state index contributed by atoms with van der Waals surface area (Å²) in [5, 5.41) is 16.2. The van der Waals surface area contributed by atoms with E-state index in [1.807, 2.05) is 6.92 Å². The van der Waals surface area contributed by atoms with Crippen LogP contribution in [0.25, 0.3) is 0 Å². The standard InChI is InChI=1S/C15H22F3N3O3/c1-9(8-12-10(2)20-24-11(12)3)19-13(22)21-6-4-14(23,5-7-21)15(16,17)18/h9,23H,4-8H2,1-3H3,(H,19,22). The molecule has 2 N–H and O–H groups in total. The molecule has 1 aliphatic heterocycles. The summed E-state index contributed by atoms with van der Waals surface area (Å²) in [6.45, 7) is 5.12. The van der Waals surface area contributed by atoms with E-state index in [9.17, 15) is 23.1 Å². The van der Waals surface area contributed by atoms with Gasteiger partial charge in [0.05, 0.1) is 5.69 Å². The van der Waals surface area contributed by atoms with Crippen LogP contribution in [0.5, 0.6) is 0 Å². The van der Waals surface area contributed by atoms with Crippen molar-refractivity contribution in [1.29, 1.82) is 0 Å². The maximum Gasteiger partial charge on any atom is 0.417 e. The highest BCUT2D eigenvalue weighted by atomic mass is 19.4. The van der Waals surface area contributed by atoms with E-state index in [-0.39, 0.29) is 19.1 Å². The number of piperidine rings is 1. The first-order valence-electron chi connectivity index (χ1n) is 7.80. The molecule has 0 aromatic carbocycles. The summed E-state index contributed by atoms with van der Waals surface area (Å²) in [7, 11) is 0. The molecule has 9 heteroatoms. The lowest BCUT2D eigenvalue weighted by molar-refractivity contribution is -0.271. The zero-order valence-corrected chi connectivity index (χ0v) is 13.9. The normalized spacial score (nSPS) is 19.2. The third-order valence-electron chi connectivity index (χ3n) is 4.47. The van der Waals surface area contributed by atoms with E-state index in [1.54, 1.807) is 13.8 Å². The van der Waals surface area contributed by atoms with Crippen molar-refractivity contribution in [3.8, 4) is 0 Å². The summed E-state index contributed by atoms with van der Waals surface area (Å²) in [5.41, 5.74) is -1.04. The lowest BCUT2D eigenvalue weighted by Crippen LogP contribution is -2.56. The molecule has 1 aromatic rings. The summed E-state index contributed by atoms with van der Waals surface area (Å²) in [6.07, 6.45) is -5.18. The molecule has 1 saturated heterocycles. The number of halogens is 3. The lowest BCUT2D eigenvalue weighted by atomic mass is 9.91. The minimum absolute atomic E-state index is 0.139. The third-order valence-corrected chi connectivity index (χ3v) is 4.47. The predicted molar refractivity (Wildman–Crippen MR) is 79.5 cm³/mol. The molecule has 0 saturated carbocycles. The van der Waals surface area contributed by atoms with Crippen LogP contribution >= 0.6 is 0 Å². The number of carbonyl (C=O) groups is 1. The van der Waals surface area contributed by atoms with Crippen LogP contribution < -0.4 is 5.32 Å². The predicted octanol–water partition coefficient (Wildman–Crippen LogP) is 2.32. The number of amides is 2. The van der Waals surface area contributed by atoms with Gasteiger partial charge >= 0.3 is 12.2 Å². The van der Waals surface area contributed by atoms with Crippen LogP contribution in [0.2, 0.25) is 0 Å². The molecule has 0 spiro atoms. The van der Waals surface area contributed by atoms with Crippen molar-refractivity contribution in [2.24, 2.45) is 0 Å². The number of aryl methyl sites for hydroxylation is 2. The maximum absolute atomic E-state index is 12.8. The monoisotopic (exact) mass is 349 g/mol. The minimum atomic E-state index is -4.67. The van der Waals surface area contributed by atoms with Gasteiger partial charge in [-0.25, -0.2) is 4.79 Å². The average molecular weight is 349 g/mol. The van der Waals surface area contributed by atoms with Gasteiger partial charge in [-0.1, -0.05) is 5.16 Å². The van der Waals surface area contributed by atoms with Crippen LogP contribution in [-0.2, 0) is 6.42 Å². The van der Waals surface area contributed by atoms with E-state index in [1.165, 1.54) is 4.90 Å². The van der Waals surface area contributed by atoms with Crippen molar-refractivity contribution in [1.82, 2.24) is 15.4 Å². The molecule has 2 amide bonds. The minimum Gasteiger partial charge on any atom is -0.380 e. The topological polar surface area (TPSA) is 78.6 Å². The van der Waals surface area contributed by atoms with Gasteiger partial charge in [0.15, 0.2) is 5.60 Å². The number of nitrogens with zero attached hydrogens (tertiary/aromatic N) is 2. The Labute approximate surface area is 138 Å². The van der Waals surface area contributed by atoms with Crippen LogP contribution in [0.4, 0.5) is 18.0 Å². The second kappa shape index (κ2) is 6.62. The fraction of sp³-hybridized carbons (Fsp3) is 0.733. The van der Waals surface area contributed by atoms with Crippen LogP contribution in [0.1, 0.15) is 36.8 Å². The first kappa shape index (κ1) is 18.6. The quantitative estimate of drug-likeness (QED) is 0.878. The van der Waals surface area contributed by atoms with Gasteiger partial charge in [-0.05, 0) is 27.2 Å². The van der Waals surface area contributed by atoms with Crippen molar-refractivity contribution >= 4 is 6.03 Å². The zero-order chi connectivity index (χ0) is 18.1. The molecule has 136 valence electrons. The van der Waals surface area contributed by atoms with Crippen molar-refractivity contribution < 1.29 is 27.6 Å². The Morgan fingerprint density at radius 2 is 2.00 bits per heavy atom. The Kier molecular flexibility index (Phi) is 5.12. The van der Waals surface area contributed by atoms with Crippen LogP contribution in [-0.4, -0.2) is 52.1 Å². The number of aromatic nitrogens is 1. The fourth-order valence-corrected chi connectivity index (χ4v) is 2.82. The number of likely N-dealkylation sites (tertiary alicyclic amines) is 1. The molecule has 1 aliphatic rings. The Morgan fingerprint density at radius 3 is 2.46 bits per heavy atom. The lowest BCUT2D eigenvalue weighted by Gasteiger charge is -2.39. The fourth-order valence-electron chi connectivity index (χ4n) is 2.82. The molecule has 1 unspecified atom stereocenters. The number of alkyl halides is 3. The highest BCUT2D eigenvalue weighted by molar-refractivity contribution is 5.74. The van der Waals surface area contributed by atoms with E-state index in [2.05, 4.69) is 10.5 Å². The number of urea groups is 1. The van der Waals surface area contributed by atoms with E-state index in [4.69, 9.17) is 4.52 Å². The van der Waals surface area contributed by atoms with Crippen molar-refractivity contribution in [3.63, 3.8) is 0 Å². The smallest absolute Gasteiger partial charge is 0.380 e. The van der Waals surface area contributed by atoms with Gasteiger partial charge in [-0.15, -0.1) is 0 Å². The summed E-state index contributed by atoms with van der Waals surface area (Å²) >= 11 is 0. The molecule has 0 aliphatic carbocycles. The molecule has 2 rings (SSSR count). The molecule has 1 aromatic heterocycles. The first-order valence-corrected chi connectivity index (χ1v) is 7.80. The molecule has 1 fully saturated rings. The van der Waals surface area contributed by atoms with E-state index in [0.29, 0.717) is 12.2 Å². The zero-order valence-electron chi connectivity index (χ0n) is 13.9. The SMILES string of the molecule is Cc1noc(C)c1CC(C)NC(=O)N1CCC(O)(C(F)(F)F)CC1. The number of rotatable bonds is 3. The molecular formula is C15H22F3N3O3. The Balaban J connectivity index is 1.88. The Bertz CT molecular complexity index is 573. The van der Waals surface area contributed by atoms with Gasteiger partial charge < -0.3 is 19.8 Å². The van der Waals surface area contributed by atoms with Gasteiger partial charge in [-0.3, -0.25) is 0 Å². The van der Waals surface area contributed by atoms with Crippen LogP contribution in [0.15, 0.2) is 4.52 Å². The van der Waals surface area contributed by atoms with Crippen LogP contribution in [0.3, 0.4) is 0 Å². The summed E-state index contributed by atoms with van der Waals surface area (Å²) in [4.78, 5) is 13.5. The van der Waals surface area contributed by atoms with Gasteiger partial charge in [0.25, 0.3) is 0 Å². The molecule has 0 bridgehead atoms. The molecule has 1 atom stereocenters. The molecule has 0 radical (unpaired) electrons. The number of carbonyl (C=O) groups excluding carboxylic acids is 1. The summed E-state index contributed by atoms with van der Waals surface area (Å²) in [6, 6.07) is -0.656. The summed E-state index contributed by atoms with van der Waals surface area (Å²) in [5.74, 6) is 0.682. The number of aliphatic hydroxyl groups is 1. The number of hydrogen-bond acceptors (Lipinski definition) is 4. The number of nitrogens with one attached hydrogen (secondary N) is 1. The van der Waals surface area contributed by atoms with Crippen molar-refractivity contribution in [3.05, 3.63) is 17.0 Å².